The Morgan fingerprint density at radius 2 is 1.73 bits per heavy atom. The number of carbonyl (C=O) groups excluding carboxylic acids is 1. The first kappa shape index (κ1) is 24.3. The number of likely N-dealkylation sites (N-methyl/N-ethyl adjacent to an activating group) is 1. The van der Waals surface area contributed by atoms with Crippen LogP contribution in [0.25, 0.3) is 0 Å². The van der Waals surface area contributed by atoms with Crippen molar-refractivity contribution in [3.8, 4) is 0 Å². The Morgan fingerprint density at radius 3 is 2.27 bits per heavy atom. The number of nitrogens with one attached hydrogen (secondary N) is 1. The minimum atomic E-state index is -0.0583. The highest BCUT2D eigenvalue weighted by atomic mass is 127. The van der Waals surface area contributed by atoms with Gasteiger partial charge in [0.15, 0.2) is 11.7 Å². The number of furan rings is 2. The van der Waals surface area contributed by atoms with Crippen LogP contribution in [0.2, 0.25) is 0 Å². The van der Waals surface area contributed by atoms with E-state index in [0.717, 1.165) is 37.9 Å². The molecule has 2 aromatic heterocycles. The number of halogens is 1. The summed E-state index contributed by atoms with van der Waals surface area (Å²) in [5.74, 6) is 2.13. The topological polar surface area (TPSA) is 77.5 Å². The molecule has 1 unspecified atom stereocenters. The van der Waals surface area contributed by atoms with E-state index in [1.54, 1.807) is 25.4 Å². The molecule has 3 rings (SSSR count). The molecule has 1 amide bonds. The van der Waals surface area contributed by atoms with Crippen LogP contribution in [0.4, 0.5) is 0 Å². The van der Waals surface area contributed by atoms with E-state index < -0.39 is 0 Å². The fourth-order valence-corrected chi connectivity index (χ4v) is 3.75. The van der Waals surface area contributed by atoms with Gasteiger partial charge in [0, 0.05) is 39.8 Å². The van der Waals surface area contributed by atoms with Crippen LogP contribution in [-0.2, 0) is 0 Å². The predicted octanol–water partition coefficient (Wildman–Crippen LogP) is 2.91. The minimum Gasteiger partial charge on any atom is -0.468 e. The second-order valence-corrected chi connectivity index (χ2v) is 6.94. The van der Waals surface area contributed by atoms with Gasteiger partial charge in [-0.2, -0.15) is 0 Å². The van der Waals surface area contributed by atoms with Crippen LogP contribution in [0.1, 0.15) is 36.2 Å². The average Bonchev–Trinajstić information content (AvgIpc) is 3.48. The summed E-state index contributed by atoms with van der Waals surface area (Å²) in [5.41, 5.74) is 0. The van der Waals surface area contributed by atoms with E-state index in [2.05, 4.69) is 34.0 Å². The van der Waals surface area contributed by atoms with Gasteiger partial charge in [0.1, 0.15) is 5.76 Å². The number of piperazine rings is 1. The number of hydrogen-bond donors (Lipinski definition) is 1. The molecule has 9 heteroatoms. The molecule has 0 saturated carbocycles. The maximum atomic E-state index is 12.4. The van der Waals surface area contributed by atoms with Gasteiger partial charge < -0.3 is 24.0 Å². The lowest BCUT2D eigenvalue weighted by Crippen LogP contribution is -2.54. The minimum absolute atomic E-state index is 0. The Morgan fingerprint density at radius 1 is 1.10 bits per heavy atom. The van der Waals surface area contributed by atoms with Crippen molar-refractivity contribution in [2.75, 3.05) is 52.9 Å². The molecule has 8 nitrogen and oxygen atoms in total. The van der Waals surface area contributed by atoms with Gasteiger partial charge >= 0.3 is 0 Å². The summed E-state index contributed by atoms with van der Waals surface area (Å²) in [5, 5.41) is 3.50. The zero-order chi connectivity index (χ0) is 20.6. The van der Waals surface area contributed by atoms with Gasteiger partial charge in [-0.25, -0.2) is 0 Å². The molecule has 3 heterocycles. The van der Waals surface area contributed by atoms with Crippen molar-refractivity contribution in [3.63, 3.8) is 0 Å². The highest BCUT2D eigenvalue weighted by Gasteiger charge is 2.26. The van der Waals surface area contributed by atoms with Crippen LogP contribution < -0.4 is 5.32 Å². The summed E-state index contributed by atoms with van der Waals surface area (Å²) >= 11 is 0. The second kappa shape index (κ2) is 12.0. The Bertz CT molecular complexity index is 767. The van der Waals surface area contributed by atoms with Gasteiger partial charge in [0.25, 0.3) is 5.91 Å². The Labute approximate surface area is 195 Å². The van der Waals surface area contributed by atoms with Crippen LogP contribution >= 0.6 is 24.0 Å². The Balaban J connectivity index is 0.00000320. The summed E-state index contributed by atoms with van der Waals surface area (Å²) in [4.78, 5) is 23.3. The zero-order valence-electron chi connectivity index (χ0n) is 17.9. The van der Waals surface area contributed by atoms with Crippen LogP contribution in [0.5, 0.6) is 0 Å². The number of rotatable bonds is 7. The average molecular weight is 529 g/mol. The summed E-state index contributed by atoms with van der Waals surface area (Å²) in [6.45, 7) is 9.62. The number of aliphatic imine (C=N–C) groups is 1. The van der Waals surface area contributed by atoms with Gasteiger partial charge in [-0.3, -0.25) is 14.7 Å². The molecule has 0 aromatic carbocycles. The number of hydrogen-bond acceptors (Lipinski definition) is 5. The third-order valence-corrected chi connectivity index (χ3v) is 5.39. The van der Waals surface area contributed by atoms with Crippen molar-refractivity contribution in [2.24, 2.45) is 4.99 Å². The Hall–Kier alpha value is -2.01. The third kappa shape index (κ3) is 5.78. The molecular weight excluding hydrogens is 497 g/mol. The van der Waals surface area contributed by atoms with Crippen LogP contribution in [0.3, 0.4) is 0 Å². The van der Waals surface area contributed by atoms with E-state index >= 15 is 0 Å². The molecule has 1 fully saturated rings. The molecule has 2 aromatic rings. The maximum absolute atomic E-state index is 12.4. The van der Waals surface area contributed by atoms with Crippen molar-refractivity contribution < 1.29 is 13.6 Å². The summed E-state index contributed by atoms with van der Waals surface area (Å²) in [7, 11) is 1.79. The molecule has 1 atom stereocenters. The Kier molecular flexibility index (Phi) is 9.70. The second-order valence-electron chi connectivity index (χ2n) is 6.94. The van der Waals surface area contributed by atoms with Crippen LogP contribution in [-0.4, -0.2) is 79.4 Å². The van der Waals surface area contributed by atoms with Gasteiger partial charge in [-0.05, 0) is 37.4 Å². The van der Waals surface area contributed by atoms with Gasteiger partial charge in [-0.15, -0.1) is 24.0 Å². The molecule has 166 valence electrons. The lowest BCUT2D eigenvalue weighted by atomic mass is 10.2. The summed E-state index contributed by atoms with van der Waals surface area (Å²) in [6.07, 6.45) is 3.25. The third-order valence-electron chi connectivity index (χ3n) is 5.39. The van der Waals surface area contributed by atoms with Crippen molar-refractivity contribution in [3.05, 3.63) is 48.3 Å². The van der Waals surface area contributed by atoms with Crippen molar-refractivity contribution in [1.82, 2.24) is 20.0 Å². The zero-order valence-corrected chi connectivity index (χ0v) is 20.2. The number of carbonyl (C=O) groups is 1. The molecule has 0 spiro atoms. The molecule has 0 radical (unpaired) electrons. The SMILES string of the molecule is CCN(CC)C(CNC(=NC)N1CCN(C(=O)c2ccco2)CC1)c1ccco1.I. The predicted molar refractivity (Wildman–Crippen MR) is 127 cm³/mol. The normalized spacial score (nSPS) is 15.8. The molecule has 1 aliphatic rings. The first-order valence-corrected chi connectivity index (χ1v) is 10.2. The summed E-state index contributed by atoms with van der Waals surface area (Å²) < 4.78 is 10.9. The first-order chi connectivity index (χ1) is 14.2. The van der Waals surface area contributed by atoms with Gasteiger partial charge in [0.2, 0.25) is 0 Å². The van der Waals surface area contributed by atoms with E-state index in [-0.39, 0.29) is 35.9 Å². The lowest BCUT2D eigenvalue weighted by Gasteiger charge is -2.37. The largest absolute Gasteiger partial charge is 0.468 e. The maximum Gasteiger partial charge on any atom is 0.289 e. The fraction of sp³-hybridized carbons (Fsp3) is 0.524. The van der Waals surface area contributed by atoms with E-state index in [9.17, 15) is 4.79 Å². The fourth-order valence-electron chi connectivity index (χ4n) is 3.75. The molecule has 30 heavy (non-hydrogen) atoms. The number of amides is 1. The monoisotopic (exact) mass is 529 g/mol. The quantitative estimate of drug-likeness (QED) is 0.338. The van der Waals surface area contributed by atoms with Crippen molar-refractivity contribution in [2.45, 2.75) is 19.9 Å². The highest BCUT2D eigenvalue weighted by molar-refractivity contribution is 14.0. The molecule has 0 bridgehead atoms. The van der Waals surface area contributed by atoms with Gasteiger partial charge in [0.05, 0.1) is 18.6 Å². The molecular formula is C21H32IN5O3. The lowest BCUT2D eigenvalue weighted by molar-refractivity contribution is 0.0657. The number of nitrogens with zero attached hydrogens (tertiary/aromatic N) is 4. The standard InChI is InChI=1S/C21H31N5O3.HI/c1-4-24(5-2)17(18-8-6-14-28-18)16-23-21(22-3)26-12-10-25(11-13-26)20(27)19-9-7-15-29-19;/h6-9,14-15,17H,4-5,10-13,16H2,1-3H3,(H,22,23);1H. The first-order valence-electron chi connectivity index (χ1n) is 10.2. The van der Waals surface area contributed by atoms with Crippen LogP contribution in [0.15, 0.2) is 50.6 Å². The molecule has 1 aliphatic heterocycles. The van der Waals surface area contributed by atoms with Crippen LogP contribution in [0, 0.1) is 0 Å². The van der Waals surface area contributed by atoms with E-state index in [4.69, 9.17) is 8.83 Å². The molecule has 1 N–H and O–H groups in total. The number of guanidine groups is 1. The summed E-state index contributed by atoms with van der Waals surface area (Å²) in [6, 6.07) is 7.53. The highest BCUT2D eigenvalue weighted by Crippen LogP contribution is 2.20. The van der Waals surface area contributed by atoms with Crippen molar-refractivity contribution in [1.29, 1.82) is 0 Å². The smallest absolute Gasteiger partial charge is 0.289 e. The molecule has 1 saturated heterocycles. The molecule has 0 aliphatic carbocycles. The van der Waals surface area contributed by atoms with E-state index in [0.29, 0.717) is 25.4 Å². The van der Waals surface area contributed by atoms with E-state index in [1.807, 2.05) is 17.0 Å². The van der Waals surface area contributed by atoms with Crippen molar-refractivity contribution >= 4 is 35.8 Å². The van der Waals surface area contributed by atoms with E-state index in [1.165, 1.54) is 6.26 Å². The van der Waals surface area contributed by atoms with Gasteiger partial charge in [-0.1, -0.05) is 13.8 Å².